The van der Waals surface area contributed by atoms with Gasteiger partial charge >= 0.3 is 0 Å². The molecule has 0 aliphatic rings. The molecule has 7 heteroatoms. The van der Waals surface area contributed by atoms with Gasteiger partial charge in [0.05, 0.1) is 16.8 Å². The van der Waals surface area contributed by atoms with Gasteiger partial charge in [0.15, 0.2) is 11.7 Å². The van der Waals surface area contributed by atoms with Crippen LogP contribution in [-0.2, 0) is 11.2 Å². The number of benzene rings is 2. The Balaban J connectivity index is 1.53. The summed E-state index contributed by atoms with van der Waals surface area (Å²) in [6.07, 6.45) is 3.16. The number of hydrogen-bond acceptors (Lipinski definition) is 4. The van der Waals surface area contributed by atoms with Gasteiger partial charge in [-0.3, -0.25) is 9.59 Å². The van der Waals surface area contributed by atoms with Crippen molar-refractivity contribution < 1.29 is 14.0 Å². The number of amides is 2. The number of halogens is 1. The molecule has 29 heavy (non-hydrogen) atoms. The van der Waals surface area contributed by atoms with E-state index in [-0.39, 0.29) is 11.8 Å². The summed E-state index contributed by atoms with van der Waals surface area (Å²) in [5, 5.41) is 3.15. The van der Waals surface area contributed by atoms with Gasteiger partial charge in [-0.25, -0.2) is 4.98 Å². The summed E-state index contributed by atoms with van der Waals surface area (Å²) in [7, 11) is 3.30. The van der Waals surface area contributed by atoms with Crippen molar-refractivity contribution in [3.63, 3.8) is 0 Å². The number of hydrogen-bond donors (Lipinski definition) is 1. The van der Waals surface area contributed by atoms with Crippen molar-refractivity contribution in [1.29, 1.82) is 0 Å². The first-order chi connectivity index (χ1) is 13.9. The second-order valence-corrected chi connectivity index (χ2v) is 7.19. The van der Waals surface area contributed by atoms with Gasteiger partial charge in [-0.1, -0.05) is 41.9 Å². The standard InChI is InChI=1S/C22H22ClN3O3/c1-26(2)22(28)17-13-16(11-12-18(17)23)25-20(27)9-6-10-21-24-14-19(29-21)15-7-4-3-5-8-15/h3-5,7-8,11-14H,6,9-10H2,1-2H3,(H,25,27). The molecule has 0 atom stereocenters. The topological polar surface area (TPSA) is 75.4 Å². The van der Waals surface area contributed by atoms with Gasteiger partial charge in [0, 0.05) is 38.2 Å². The number of oxazole rings is 1. The maximum absolute atomic E-state index is 12.2. The Labute approximate surface area is 174 Å². The Morgan fingerprint density at radius 2 is 1.90 bits per heavy atom. The molecule has 0 saturated heterocycles. The first-order valence-electron chi connectivity index (χ1n) is 9.25. The number of nitrogens with zero attached hydrogens (tertiary/aromatic N) is 2. The lowest BCUT2D eigenvalue weighted by atomic mass is 10.1. The van der Waals surface area contributed by atoms with Crippen LogP contribution in [0, 0.1) is 0 Å². The number of carbonyl (C=O) groups is 2. The third-order valence-corrected chi connectivity index (χ3v) is 4.62. The molecule has 0 radical (unpaired) electrons. The summed E-state index contributed by atoms with van der Waals surface area (Å²) in [6, 6.07) is 14.6. The molecule has 0 saturated carbocycles. The Bertz CT molecular complexity index is 1000. The van der Waals surface area contributed by atoms with Crippen LogP contribution in [0.5, 0.6) is 0 Å². The zero-order valence-electron chi connectivity index (χ0n) is 16.3. The largest absolute Gasteiger partial charge is 0.441 e. The molecule has 2 aromatic carbocycles. The number of aromatic nitrogens is 1. The third-order valence-electron chi connectivity index (χ3n) is 4.29. The van der Waals surface area contributed by atoms with Gasteiger partial charge in [-0.15, -0.1) is 0 Å². The van der Waals surface area contributed by atoms with E-state index in [2.05, 4.69) is 10.3 Å². The van der Waals surface area contributed by atoms with Crippen LogP contribution in [0.4, 0.5) is 5.69 Å². The summed E-state index contributed by atoms with van der Waals surface area (Å²) < 4.78 is 5.75. The minimum atomic E-state index is -0.218. The molecule has 0 spiro atoms. The summed E-state index contributed by atoms with van der Waals surface area (Å²) in [4.78, 5) is 30.1. The number of aryl methyl sites for hydroxylation is 1. The van der Waals surface area contributed by atoms with E-state index in [0.29, 0.717) is 47.2 Å². The van der Waals surface area contributed by atoms with E-state index in [1.807, 2.05) is 30.3 Å². The SMILES string of the molecule is CN(C)C(=O)c1cc(NC(=O)CCCc2ncc(-c3ccccc3)o2)ccc1Cl. The summed E-state index contributed by atoms with van der Waals surface area (Å²) in [6.45, 7) is 0. The maximum atomic E-state index is 12.2. The molecule has 6 nitrogen and oxygen atoms in total. The van der Waals surface area contributed by atoms with E-state index in [0.717, 1.165) is 5.56 Å². The first kappa shape index (κ1) is 20.6. The van der Waals surface area contributed by atoms with Crippen LogP contribution in [0.15, 0.2) is 59.1 Å². The van der Waals surface area contributed by atoms with Gasteiger partial charge in [-0.05, 0) is 24.6 Å². The number of rotatable bonds is 7. The molecule has 1 N–H and O–H groups in total. The van der Waals surface area contributed by atoms with Crippen LogP contribution < -0.4 is 5.32 Å². The van der Waals surface area contributed by atoms with Crippen LogP contribution in [0.2, 0.25) is 5.02 Å². The van der Waals surface area contributed by atoms with Gasteiger partial charge in [0.25, 0.3) is 5.91 Å². The quantitative estimate of drug-likeness (QED) is 0.613. The summed E-state index contributed by atoms with van der Waals surface area (Å²) >= 11 is 6.09. The van der Waals surface area contributed by atoms with Crippen LogP contribution >= 0.6 is 11.6 Å². The van der Waals surface area contributed by atoms with E-state index in [9.17, 15) is 9.59 Å². The van der Waals surface area contributed by atoms with E-state index < -0.39 is 0 Å². The van der Waals surface area contributed by atoms with Crippen molar-refractivity contribution in [2.75, 3.05) is 19.4 Å². The molecule has 0 fully saturated rings. The Hall–Kier alpha value is -3.12. The highest BCUT2D eigenvalue weighted by molar-refractivity contribution is 6.34. The van der Waals surface area contributed by atoms with E-state index in [1.165, 1.54) is 4.90 Å². The van der Waals surface area contributed by atoms with Crippen LogP contribution in [0.3, 0.4) is 0 Å². The minimum absolute atomic E-state index is 0.148. The molecule has 0 unspecified atom stereocenters. The molecular weight excluding hydrogens is 390 g/mol. The molecular formula is C22H22ClN3O3. The average molecular weight is 412 g/mol. The molecule has 0 aliphatic carbocycles. The smallest absolute Gasteiger partial charge is 0.254 e. The Morgan fingerprint density at radius 3 is 2.62 bits per heavy atom. The fourth-order valence-electron chi connectivity index (χ4n) is 2.79. The van der Waals surface area contributed by atoms with Gasteiger partial charge < -0.3 is 14.6 Å². The second kappa shape index (κ2) is 9.39. The Morgan fingerprint density at radius 1 is 1.14 bits per heavy atom. The lowest BCUT2D eigenvalue weighted by molar-refractivity contribution is -0.116. The molecule has 0 bridgehead atoms. The summed E-state index contributed by atoms with van der Waals surface area (Å²) in [5.74, 6) is 0.945. The normalized spacial score (nSPS) is 10.6. The first-order valence-corrected chi connectivity index (χ1v) is 9.63. The van der Waals surface area contributed by atoms with Gasteiger partial charge in [0.2, 0.25) is 5.91 Å². The molecule has 3 aromatic rings. The maximum Gasteiger partial charge on any atom is 0.254 e. The molecule has 3 rings (SSSR count). The highest BCUT2D eigenvalue weighted by atomic mass is 35.5. The van der Waals surface area contributed by atoms with Crippen molar-refractivity contribution in [2.24, 2.45) is 0 Å². The average Bonchev–Trinajstić information content (AvgIpc) is 3.18. The molecule has 150 valence electrons. The van der Waals surface area contributed by atoms with Crippen LogP contribution in [-0.4, -0.2) is 35.8 Å². The fraction of sp³-hybridized carbons (Fsp3) is 0.227. The third kappa shape index (κ3) is 5.45. The molecule has 1 heterocycles. The summed E-state index contributed by atoms with van der Waals surface area (Å²) in [5.41, 5.74) is 1.85. The zero-order chi connectivity index (χ0) is 20.8. The Kier molecular flexibility index (Phi) is 6.67. The number of anilines is 1. The highest BCUT2D eigenvalue weighted by Gasteiger charge is 2.14. The van der Waals surface area contributed by atoms with Crippen molar-refractivity contribution in [3.05, 3.63) is 71.2 Å². The van der Waals surface area contributed by atoms with Crippen molar-refractivity contribution in [2.45, 2.75) is 19.3 Å². The van der Waals surface area contributed by atoms with Crippen molar-refractivity contribution >= 4 is 29.1 Å². The fourth-order valence-corrected chi connectivity index (χ4v) is 2.99. The minimum Gasteiger partial charge on any atom is -0.441 e. The lowest BCUT2D eigenvalue weighted by Gasteiger charge is -2.13. The van der Waals surface area contributed by atoms with E-state index in [4.69, 9.17) is 16.0 Å². The van der Waals surface area contributed by atoms with E-state index >= 15 is 0 Å². The van der Waals surface area contributed by atoms with Crippen molar-refractivity contribution in [3.8, 4) is 11.3 Å². The van der Waals surface area contributed by atoms with Crippen molar-refractivity contribution in [1.82, 2.24) is 9.88 Å². The van der Waals surface area contributed by atoms with Crippen LogP contribution in [0.1, 0.15) is 29.1 Å². The van der Waals surface area contributed by atoms with Gasteiger partial charge in [0.1, 0.15) is 0 Å². The zero-order valence-corrected chi connectivity index (χ0v) is 17.1. The predicted octanol–water partition coefficient (Wildman–Crippen LogP) is 4.66. The number of carbonyl (C=O) groups excluding carboxylic acids is 2. The second-order valence-electron chi connectivity index (χ2n) is 6.78. The highest BCUT2D eigenvalue weighted by Crippen LogP contribution is 2.23. The lowest BCUT2D eigenvalue weighted by Crippen LogP contribution is -2.22. The van der Waals surface area contributed by atoms with E-state index in [1.54, 1.807) is 38.5 Å². The molecule has 1 aromatic heterocycles. The number of nitrogens with one attached hydrogen (secondary N) is 1. The monoisotopic (exact) mass is 411 g/mol. The molecule has 2 amide bonds. The van der Waals surface area contributed by atoms with Crippen LogP contribution in [0.25, 0.3) is 11.3 Å². The molecule has 0 aliphatic heterocycles. The van der Waals surface area contributed by atoms with Gasteiger partial charge in [-0.2, -0.15) is 0 Å². The predicted molar refractivity (Wildman–Crippen MR) is 113 cm³/mol.